The first-order chi connectivity index (χ1) is 11.4. The van der Waals surface area contributed by atoms with Crippen LogP contribution in [-0.4, -0.2) is 36.5 Å². The van der Waals surface area contributed by atoms with Crippen LogP contribution in [0.3, 0.4) is 0 Å². The first-order valence-electron chi connectivity index (χ1n) is 8.06. The number of aromatic nitrogens is 4. The molecule has 0 fully saturated rings. The predicted octanol–water partition coefficient (Wildman–Crippen LogP) is 4.06. The second-order valence-corrected chi connectivity index (χ2v) is 8.36. The fourth-order valence-corrected chi connectivity index (χ4v) is 2.11. The quantitative estimate of drug-likeness (QED) is 0.564. The van der Waals surface area contributed by atoms with Gasteiger partial charge in [-0.1, -0.05) is 15.9 Å². The van der Waals surface area contributed by atoms with Crippen LogP contribution in [0.15, 0.2) is 24.8 Å². The SMILES string of the molecule is CC(=O)c1cnn(C(C)(C)C)c1.CC(C)(C)n1cc(C(=O)CBr)cn1. The van der Waals surface area contributed by atoms with Gasteiger partial charge in [0.15, 0.2) is 11.6 Å². The zero-order valence-electron chi connectivity index (χ0n) is 16.0. The number of Topliss-reactive ketones (excluding diaryl/α,β-unsaturated/α-hetero) is 2. The van der Waals surface area contributed by atoms with Gasteiger partial charge in [-0.3, -0.25) is 19.0 Å². The molecule has 7 heteroatoms. The van der Waals surface area contributed by atoms with Gasteiger partial charge in [0.1, 0.15) is 0 Å². The number of carbonyl (C=O) groups is 2. The van der Waals surface area contributed by atoms with Crippen molar-refractivity contribution in [3.8, 4) is 0 Å². The molecule has 2 aromatic rings. The number of ketones is 2. The molecule has 0 aromatic carbocycles. The lowest BCUT2D eigenvalue weighted by Gasteiger charge is -2.18. The van der Waals surface area contributed by atoms with Crippen molar-refractivity contribution >= 4 is 27.5 Å². The first kappa shape index (κ1) is 21.3. The Hall–Kier alpha value is -1.76. The molecule has 0 amide bonds. The van der Waals surface area contributed by atoms with E-state index in [2.05, 4.69) is 26.1 Å². The van der Waals surface area contributed by atoms with Crippen LogP contribution >= 0.6 is 15.9 Å². The van der Waals surface area contributed by atoms with Gasteiger partial charge in [-0.2, -0.15) is 10.2 Å². The number of hydrogen-bond donors (Lipinski definition) is 0. The lowest BCUT2D eigenvalue weighted by Crippen LogP contribution is -2.22. The highest BCUT2D eigenvalue weighted by atomic mass is 79.9. The van der Waals surface area contributed by atoms with Crippen LogP contribution in [0.1, 0.15) is 69.2 Å². The van der Waals surface area contributed by atoms with E-state index >= 15 is 0 Å². The summed E-state index contributed by atoms with van der Waals surface area (Å²) >= 11 is 3.12. The molecule has 0 N–H and O–H groups in total. The fraction of sp³-hybridized carbons (Fsp3) is 0.556. The topological polar surface area (TPSA) is 69.8 Å². The molecule has 25 heavy (non-hydrogen) atoms. The third kappa shape index (κ3) is 6.23. The van der Waals surface area contributed by atoms with E-state index in [9.17, 15) is 9.59 Å². The van der Waals surface area contributed by atoms with Gasteiger partial charge in [0.05, 0.1) is 39.9 Å². The van der Waals surface area contributed by atoms with Gasteiger partial charge < -0.3 is 0 Å². The van der Waals surface area contributed by atoms with Gasteiger partial charge in [-0.15, -0.1) is 0 Å². The largest absolute Gasteiger partial charge is 0.294 e. The molecule has 0 spiro atoms. The zero-order chi connectivity index (χ0) is 19.4. The zero-order valence-corrected chi connectivity index (χ0v) is 17.6. The van der Waals surface area contributed by atoms with Crippen LogP contribution in [0.5, 0.6) is 0 Å². The molecule has 0 saturated heterocycles. The summed E-state index contributed by atoms with van der Waals surface area (Å²) in [4.78, 5) is 22.2. The van der Waals surface area contributed by atoms with Crippen molar-refractivity contribution in [2.75, 3.05) is 5.33 Å². The number of halogens is 1. The maximum atomic E-state index is 11.3. The standard InChI is InChI=1S/C9H13BrN2O.C9H14N2O/c1-9(2,3)12-6-7(5-11-12)8(13)4-10;1-7(12)8-5-10-11(6-8)9(2,3)4/h5-6H,4H2,1-3H3;5-6H,1-4H3. The fourth-order valence-electron chi connectivity index (χ4n) is 1.78. The van der Waals surface area contributed by atoms with E-state index in [1.807, 2.05) is 41.5 Å². The van der Waals surface area contributed by atoms with Gasteiger partial charge in [0, 0.05) is 12.4 Å². The monoisotopic (exact) mass is 410 g/mol. The number of alkyl halides is 1. The minimum absolute atomic E-state index is 0.0479. The second kappa shape index (κ2) is 8.08. The van der Waals surface area contributed by atoms with Gasteiger partial charge in [-0.05, 0) is 48.5 Å². The van der Waals surface area contributed by atoms with E-state index in [0.717, 1.165) is 0 Å². The summed E-state index contributed by atoms with van der Waals surface area (Å²) in [5.74, 6) is 0.126. The van der Waals surface area contributed by atoms with Gasteiger partial charge in [-0.25, -0.2) is 0 Å². The van der Waals surface area contributed by atoms with Crippen molar-refractivity contribution < 1.29 is 9.59 Å². The van der Waals surface area contributed by atoms with E-state index < -0.39 is 0 Å². The smallest absolute Gasteiger partial charge is 0.176 e. The average Bonchev–Trinajstić information content (AvgIpc) is 3.15. The summed E-state index contributed by atoms with van der Waals surface area (Å²) in [6.45, 7) is 13.8. The van der Waals surface area contributed by atoms with E-state index in [1.54, 1.807) is 41.1 Å². The second-order valence-electron chi connectivity index (χ2n) is 7.80. The van der Waals surface area contributed by atoms with Crippen molar-refractivity contribution in [1.82, 2.24) is 19.6 Å². The summed E-state index contributed by atoms with van der Waals surface area (Å²) in [6.07, 6.45) is 6.77. The highest BCUT2D eigenvalue weighted by Gasteiger charge is 2.16. The number of rotatable bonds is 3. The number of carbonyl (C=O) groups excluding carboxylic acids is 2. The molecule has 2 rings (SSSR count). The van der Waals surface area contributed by atoms with Crippen LogP contribution < -0.4 is 0 Å². The summed E-state index contributed by atoms with van der Waals surface area (Å²) in [5.41, 5.74) is 1.22. The maximum Gasteiger partial charge on any atom is 0.176 e. The Balaban J connectivity index is 0.000000251. The van der Waals surface area contributed by atoms with E-state index in [1.165, 1.54) is 0 Å². The van der Waals surface area contributed by atoms with Gasteiger partial charge in [0.2, 0.25) is 0 Å². The number of hydrogen-bond acceptors (Lipinski definition) is 4. The van der Waals surface area contributed by atoms with Crippen molar-refractivity contribution in [3.05, 3.63) is 35.9 Å². The summed E-state index contributed by atoms with van der Waals surface area (Å²) in [6, 6.07) is 0. The Morgan fingerprint density at radius 3 is 1.60 bits per heavy atom. The predicted molar refractivity (Wildman–Crippen MR) is 103 cm³/mol. The van der Waals surface area contributed by atoms with E-state index in [-0.39, 0.29) is 22.6 Å². The molecule has 0 aliphatic carbocycles. The Morgan fingerprint density at radius 1 is 0.920 bits per heavy atom. The van der Waals surface area contributed by atoms with Crippen LogP contribution in [0.4, 0.5) is 0 Å². The van der Waals surface area contributed by atoms with Crippen LogP contribution in [0.2, 0.25) is 0 Å². The molecule has 0 aliphatic rings. The molecule has 0 saturated carbocycles. The average molecular weight is 411 g/mol. The summed E-state index contributed by atoms with van der Waals surface area (Å²) in [5, 5.41) is 8.59. The Kier molecular flexibility index (Phi) is 6.88. The van der Waals surface area contributed by atoms with E-state index in [4.69, 9.17) is 0 Å². The Labute approximate surface area is 157 Å². The molecular formula is C18H27BrN4O2. The molecule has 0 atom stereocenters. The third-order valence-corrected chi connectivity index (χ3v) is 3.90. The Morgan fingerprint density at radius 2 is 1.32 bits per heavy atom. The molecule has 0 radical (unpaired) electrons. The van der Waals surface area contributed by atoms with Crippen LogP contribution in [0.25, 0.3) is 0 Å². The van der Waals surface area contributed by atoms with Gasteiger partial charge in [0.25, 0.3) is 0 Å². The molecule has 138 valence electrons. The molecule has 0 bridgehead atoms. The first-order valence-corrected chi connectivity index (χ1v) is 9.19. The molecule has 6 nitrogen and oxygen atoms in total. The third-order valence-electron chi connectivity index (χ3n) is 3.39. The molecule has 2 aromatic heterocycles. The molecular weight excluding hydrogens is 384 g/mol. The van der Waals surface area contributed by atoms with Crippen LogP contribution in [-0.2, 0) is 11.1 Å². The summed E-state index contributed by atoms with van der Waals surface area (Å²) < 4.78 is 3.59. The van der Waals surface area contributed by atoms with Crippen molar-refractivity contribution in [2.24, 2.45) is 0 Å². The minimum Gasteiger partial charge on any atom is -0.294 e. The Bertz CT molecular complexity index is 733. The van der Waals surface area contributed by atoms with Crippen LogP contribution in [0, 0.1) is 0 Å². The lowest BCUT2D eigenvalue weighted by molar-refractivity contribution is 0.101. The molecule has 0 unspecified atom stereocenters. The number of nitrogens with zero attached hydrogens (tertiary/aromatic N) is 4. The molecule has 0 aliphatic heterocycles. The van der Waals surface area contributed by atoms with E-state index in [0.29, 0.717) is 16.5 Å². The minimum atomic E-state index is -0.0646. The maximum absolute atomic E-state index is 11.3. The summed E-state index contributed by atoms with van der Waals surface area (Å²) in [7, 11) is 0. The van der Waals surface area contributed by atoms with Crippen molar-refractivity contribution in [3.63, 3.8) is 0 Å². The highest BCUT2D eigenvalue weighted by Crippen LogP contribution is 2.14. The highest BCUT2D eigenvalue weighted by molar-refractivity contribution is 9.09. The van der Waals surface area contributed by atoms with Crippen molar-refractivity contribution in [1.29, 1.82) is 0 Å². The normalized spacial score (nSPS) is 11.7. The molecule has 2 heterocycles. The lowest BCUT2D eigenvalue weighted by atomic mass is 10.1. The van der Waals surface area contributed by atoms with Gasteiger partial charge >= 0.3 is 0 Å². The van der Waals surface area contributed by atoms with Crippen molar-refractivity contribution in [2.45, 2.75) is 59.5 Å².